The number of hydrogen-bond acceptors (Lipinski definition) is 4. The SMILES string of the molecule is CCCCN(c1ccccc1)C(C)OC(=O)Oc1ccc(C2CCCCC2)cc1. The molecule has 1 unspecified atom stereocenters. The minimum absolute atomic E-state index is 0.405. The van der Waals surface area contributed by atoms with Crippen LogP contribution in [0.5, 0.6) is 5.75 Å². The van der Waals surface area contributed by atoms with E-state index in [0.29, 0.717) is 11.7 Å². The molecule has 3 rings (SSSR count). The van der Waals surface area contributed by atoms with Crippen molar-refractivity contribution in [3.05, 3.63) is 60.2 Å². The van der Waals surface area contributed by atoms with E-state index in [-0.39, 0.29) is 0 Å². The first-order valence-electron chi connectivity index (χ1n) is 11.0. The van der Waals surface area contributed by atoms with Crippen molar-refractivity contribution < 1.29 is 14.3 Å². The van der Waals surface area contributed by atoms with Crippen molar-refractivity contribution in [1.82, 2.24) is 0 Å². The van der Waals surface area contributed by atoms with Crippen LogP contribution >= 0.6 is 0 Å². The number of ether oxygens (including phenoxy) is 2. The lowest BCUT2D eigenvalue weighted by Gasteiger charge is -2.30. The molecular formula is C25H33NO3. The van der Waals surface area contributed by atoms with Crippen LogP contribution in [0.3, 0.4) is 0 Å². The maximum absolute atomic E-state index is 12.3. The van der Waals surface area contributed by atoms with Crippen molar-refractivity contribution >= 4 is 11.8 Å². The Morgan fingerprint density at radius 3 is 2.38 bits per heavy atom. The van der Waals surface area contributed by atoms with Crippen LogP contribution < -0.4 is 9.64 Å². The third-order valence-electron chi connectivity index (χ3n) is 5.70. The van der Waals surface area contributed by atoms with Gasteiger partial charge in [0, 0.05) is 12.2 Å². The highest BCUT2D eigenvalue weighted by Crippen LogP contribution is 2.33. The first kappa shape index (κ1) is 21.2. The predicted molar refractivity (Wildman–Crippen MR) is 118 cm³/mol. The highest BCUT2D eigenvalue weighted by atomic mass is 16.7. The molecule has 2 aromatic carbocycles. The van der Waals surface area contributed by atoms with E-state index in [2.05, 4.69) is 24.0 Å². The zero-order valence-corrected chi connectivity index (χ0v) is 17.7. The number of carbonyl (C=O) groups is 1. The van der Waals surface area contributed by atoms with Crippen molar-refractivity contribution in [3.63, 3.8) is 0 Å². The van der Waals surface area contributed by atoms with E-state index in [0.717, 1.165) is 25.1 Å². The molecule has 29 heavy (non-hydrogen) atoms. The molecule has 0 bridgehead atoms. The van der Waals surface area contributed by atoms with E-state index in [1.54, 1.807) is 0 Å². The van der Waals surface area contributed by atoms with Crippen LogP contribution in [0.15, 0.2) is 54.6 Å². The Labute approximate surface area is 174 Å². The highest BCUT2D eigenvalue weighted by Gasteiger charge is 2.20. The summed E-state index contributed by atoms with van der Waals surface area (Å²) in [5, 5.41) is 0. The van der Waals surface area contributed by atoms with Crippen LogP contribution in [0.1, 0.15) is 70.3 Å². The van der Waals surface area contributed by atoms with Crippen molar-refractivity contribution in [1.29, 1.82) is 0 Å². The molecule has 2 aromatic rings. The molecule has 0 N–H and O–H groups in total. The van der Waals surface area contributed by atoms with E-state index in [1.165, 1.54) is 37.7 Å². The van der Waals surface area contributed by atoms with E-state index >= 15 is 0 Å². The topological polar surface area (TPSA) is 38.8 Å². The second kappa shape index (κ2) is 10.9. The van der Waals surface area contributed by atoms with Crippen LogP contribution in [-0.2, 0) is 4.74 Å². The van der Waals surface area contributed by atoms with Gasteiger partial charge in [0.15, 0.2) is 6.23 Å². The van der Waals surface area contributed by atoms with Crippen LogP contribution in [-0.4, -0.2) is 18.9 Å². The molecule has 0 heterocycles. The van der Waals surface area contributed by atoms with Crippen molar-refractivity contribution in [2.24, 2.45) is 0 Å². The van der Waals surface area contributed by atoms with Crippen molar-refractivity contribution in [2.75, 3.05) is 11.4 Å². The summed E-state index contributed by atoms with van der Waals surface area (Å²) >= 11 is 0. The molecule has 1 saturated carbocycles. The van der Waals surface area contributed by atoms with Gasteiger partial charge in [-0.15, -0.1) is 0 Å². The van der Waals surface area contributed by atoms with Crippen LogP contribution in [0.25, 0.3) is 0 Å². The summed E-state index contributed by atoms with van der Waals surface area (Å²) in [6.07, 6.45) is 7.51. The number of anilines is 1. The van der Waals surface area contributed by atoms with E-state index in [1.807, 2.05) is 49.4 Å². The summed E-state index contributed by atoms with van der Waals surface area (Å²) < 4.78 is 11.0. The number of benzene rings is 2. The first-order valence-corrected chi connectivity index (χ1v) is 11.0. The Hall–Kier alpha value is -2.49. The zero-order valence-electron chi connectivity index (χ0n) is 17.7. The van der Waals surface area contributed by atoms with Gasteiger partial charge in [-0.05, 0) is 61.9 Å². The van der Waals surface area contributed by atoms with Gasteiger partial charge in [0.2, 0.25) is 0 Å². The summed E-state index contributed by atoms with van der Waals surface area (Å²) in [5.41, 5.74) is 2.38. The molecule has 1 atom stereocenters. The molecule has 0 saturated heterocycles. The number of rotatable bonds is 8. The van der Waals surface area contributed by atoms with Gasteiger partial charge in [0.1, 0.15) is 5.75 Å². The summed E-state index contributed by atoms with van der Waals surface area (Å²) in [5.74, 6) is 1.17. The lowest BCUT2D eigenvalue weighted by molar-refractivity contribution is 0.0640. The van der Waals surface area contributed by atoms with Gasteiger partial charge in [0.25, 0.3) is 0 Å². The fraction of sp³-hybridized carbons (Fsp3) is 0.480. The number of para-hydroxylation sites is 1. The standard InChI is InChI=1S/C25H33NO3/c1-3-4-19-26(23-13-9-6-10-14-23)20(2)28-25(27)29-24-17-15-22(16-18-24)21-11-7-5-8-12-21/h6,9-10,13-18,20-21H,3-5,7-8,11-12,19H2,1-2H3. The van der Waals surface area contributed by atoms with E-state index in [4.69, 9.17) is 9.47 Å². The Morgan fingerprint density at radius 1 is 1.03 bits per heavy atom. The van der Waals surface area contributed by atoms with E-state index in [9.17, 15) is 4.79 Å². The Morgan fingerprint density at radius 2 is 1.72 bits per heavy atom. The maximum atomic E-state index is 12.3. The van der Waals surface area contributed by atoms with Gasteiger partial charge in [-0.3, -0.25) is 0 Å². The summed E-state index contributed by atoms with van der Waals surface area (Å²) in [4.78, 5) is 14.4. The van der Waals surface area contributed by atoms with Gasteiger partial charge in [-0.25, -0.2) is 4.79 Å². The lowest BCUT2D eigenvalue weighted by Crippen LogP contribution is -2.38. The van der Waals surface area contributed by atoms with Gasteiger partial charge in [-0.2, -0.15) is 0 Å². The Bertz CT molecular complexity index is 738. The molecule has 0 radical (unpaired) electrons. The van der Waals surface area contributed by atoms with Gasteiger partial charge >= 0.3 is 6.16 Å². The zero-order chi connectivity index (χ0) is 20.5. The van der Waals surface area contributed by atoms with Crippen molar-refractivity contribution in [2.45, 2.75) is 70.9 Å². The first-order chi connectivity index (χ1) is 14.2. The average Bonchev–Trinajstić information content (AvgIpc) is 2.76. The van der Waals surface area contributed by atoms with Crippen molar-refractivity contribution in [3.8, 4) is 5.75 Å². The van der Waals surface area contributed by atoms with Crippen LogP contribution in [0.2, 0.25) is 0 Å². The highest BCUT2D eigenvalue weighted by molar-refractivity contribution is 5.64. The average molecular weight is 396 g/mol. The molecule has 1 aliphatic carbocycles. The normalized spacial score (nSPS) is 15.5. The number of carbonyl (C=O) groups excluding carboxylic acids is 1. The molecular weight excluding hydrogens is 362 g/mol. The monoisotopic (exact) mass is 395 g/mol. The largest absolute Gasteiger partial charge is 0.515 e. The minimum Gasteiger partial charge on any atom is -0.410 e. The second-order valence-corrected chi connectivity index (χ2v) is 7.86. The molecule has 0 spiro atoms. The third kappa shape index (κ3) is 6.25. The van der Waals surface area contributed by atoms with E-state index < -0.39 is 12.4 Å². The number of hydrogen-bond donors (Lipinski definition) is 0. The fourth-order valence-corrected chi connectivity index (χ4v) is 4.04. The maximum Gasteiger partial charge on any atom is 0.515 e. The van der Waals surface area contributed by atoms with Gasteiger partial charge < -0.3 is 14.4 Å². The molecule has 1 aliphatic rings. The number of unbranched alkanes of at least 4 members (excludes halogenated alkanes) is 1. The Balaban J connectivity index is 1.56. The number of nitrogens with zero attached hydrogens (tertiary/aromatic N) is 1. The molecule has 1 fully saturated rings. The van der Waals surface area contributed by atoms with Gasteiger partial charge in [-0.1, -0.05) is 62.9 Å². The smallest absolute Gasteiger partial charge is 0.410 e. The molecule has 4 heteroatoms. The quantitative estimate of drug-likeness (QED) is 0.277. The molecule has 156 valence electrons. The third-order valence-corrected chi connectivity index (χ3v) is 5.70. The molecule has 0 amide bonds. The van der Waals surface area contributed by atoms with Crippen LogP contribution in [0, 0.1) is 0 Å². The minimum atomic E-state index is -0.666. The van der Waals surface area contributed by atoms with Gasteiger partial charge in [0.05, 0.1) is 0 Å². The summed E-state index contributed by atoms with van der Waals surface area (Å²) in [6.45, 7) is 4.86. The van der Waals surface area contributed by atoms with Crippen LogP contribution in [0.4, 0.5) is 10.5 Å². The lowest BCUT2D eigenvalue weighted by atomic mass is 9.84. The fourth-order valence-electron chi connectivity index (χ4n) is 4.04. The molecule has 0 aliphatic heterocycles. The Kier molecular flexibility index (Phi) is 7.97. The summed E-state index contributed by atoms with van der Waals surface area (Å²) in [7, 11) is 0. The second-order valence-electron chi connectivity index (χ2n) is 7.86. The predicted octanol–water partition coefficient (Wildman–Crippen LogP) is 6.90. The molecule has 4 nitrogen and oxygen atoms in total. The molecule has 0 aromatic heterocycles. The summed E-state index contributed by atoms with van der Waals surface area (Å²) in [6, 6.07) is 18.0.